The Morgan fingerprint density at radius 2 is 1.96 bits per heavy atom. The molecule has 0 aliphatic rings. The van der Waals surface area contributed by atoms with Crippen LogP contribution in [0.5, 0.6) is 0 Å². The van der Waals surface area contributed by atoms with Crippen molar-refractivity contribution in [2.45, 2.75) is 60.4 Å². The van der Waals surface area contributed by atoms with Crippen molar-refractivity contribution in [3.05, 3.63) is 32.5 Å². The smallest absolute Gasteiger partial charge is 0.330 e. The van der Waals surface area contributed by atoms with E-state index in [1.807, 2.05) is 34.6 Å². The summed E-state index contributed by atoms with van der Waals surface area (Å²) in [7, 11) is 0. The molecule has 0 spiro atoms. The number of allylic oxidation sites excluding steroid dienone is 1. The molecule has 140 valence electrons. The van der Waals surface area contributed by atoms with E-state index in [1.54, 1.807) is 0 Å². The van der Waals surface area contributed by atoms with Crippen molar-refractivity contribution >= 4 is 17.4 Å². The van der Waals surface area contributed by atoms with Crippen molar-refractivity contribution in [3.8, 4) is 0 Å². The SMILES string of the molecule is CCCCn1c(N)c(N(CCC(C)C)C(=O)C=C(C)C)c(=O)[nH]c1=O. The number of aromatic nitrogens is 2. The number of carbonyl (C=O) groups is 1. The summed E-state index contributed by atoms with van der Waals surface area (Å²) < 4.78 is 1.33. The largest absolute Gasteiger partial charge is 0.383 e. The van der Waals surface area contributed by atoms with Crippen LogP contribution in [-0.4, -0.2) is 22.0 Å². The molecule has 7 heteroatoms. The number of nitrogens with one attached hydrogen (secondary N) is 1. The highest BCUT2D eigenvalue weighted by Crippen LogP contribution is 2.19. The molecular formula is C18H30N4O3. The summed E-state index contributed by atoms with van der Waals surface area (Å²) in [5.74, 6) is 0.0910. The molecule has 7 nitrogen and oxygen atoms in total. The van der Waals surface area contributed by atoms with Crippen molar-refractivity contribution in [1.82, 2.24) is 9.55 Å². The summed E-state index contributed by atoms with van der Waals surface area (Å²) >= 11 is 0. The van der Waals surface area contributed by atoms with Gasteiger partial charge in [-0.1, -0.05) is 32.8 Å². The first kappa shape index (κ1) is 20.7. The fraction of sp³-hybridized carbons (Fsp3) is 0.611. The Hall–Kier alpha value is -2.31. The van der Waals surface area contributed by atoms with E-state index in [0.29, 0.717) is 19.0 Å². The Morgan fingerprint density at radius 3 is 2.48 bits per heavy atom. The number of H-pyrrole nitrogens is 1. The highest BCUT2D eigenvalue weighted by atomic mass is 16.2. The Labute approximate surface area is 148 Å². The van der Waals surface area contributed by atoms with Crippen LogP contribution >= 0.6 is 0 Å². The van der Waals surface area contributed by atoms with E-state index in [9.17, 15) is 14.4 Å². The zero-order chi connectivity index (χ0) is 19.1. The lowest BCUT2D eigenvalue weighted by Gasteiger charge is -2.24. The molecule has 0 aliphatic carbocycles. The van der Waals surface area contributed by atoms with Gasteiger partial charge in [-0.15, -0.1) is 0 Å². The van der Waals surface area contributed by atoms with Crippen LogP contribution in [-0.2, 0) is 11.3 Å². The van der Waals surface area contributed by atoms with Gasteiger partial charge in [0.2, 0.25) is 0 Å². The molecule has 1 rings (SSSR count). The number of hydrogen-bond acceptors (Lipinski definition) is 4. The van der Waals surface area contributed by atoms with Crippen LogP contribution < -0.4 is 21.9 Å². The molecule has 1 aromatic rings. The molecule has 0 fully saturated rings. The molecule has 0 saturated carbocycles. The van der Waals surface area contributed by atoms with Crippen molar-refractivity contribution in [3.63, 3.8) is 0 Å². The highest BCUT2D eigenvalue weighted by molar-refractivity contribution is 6.03. The lowest BCUT2D eigenvalue weighted by molar-refractivity contribution is -0.114. The predicted molar refractivity (Wildman–Crippen MR) is 102 cm³/mol. The molecule has 0 bridgehead atoms. The lowest BCUT2D eigenvalue weighted by atomic mass is 10.1. The van der Waals surface area contributed by atoms with Crippen LogP contribution in [0.15, 0.2) is 21.2 Å². The van der Waals surface area contributed by atoms with Gasteiger partial charge in [-0.2, -0.15) is 0 Å². The molecule has 0 aliphatic heterocycles. The van der Waals surface area contributed by atoms with Gasteiger partial charge in [0.1, 0.15) is 5.82 Å². The number of anilines is 2. The van der Waals surface area contributed by atoms with Gasteiger partial charge in [0, 0.05) is 19.2 Å². The molecule has 0 unspecified atom stereocenters. The third-order valence-electron chi connectivity index (χ3n) is 3.83. The van der Waals surface area contributed by atoms with E-state index in [4.69, 9.17) is 5.73 Å². The Balaban J connectivity index is 3.46. The second kappa shape index (κ2) is 9.25. The van der Waals surface area contributed by atoms with Crippen LogP contribution in [0.3, 0.4) is 0 Å². The molecule has 3 N–H and O–H groups in total. The van der Waals surface area contributed by atoms with Crippen LogP contribution in [0.2, 0.25) is 0 Å². The Bertz CT molecular complexity index is 740. The van der Waals surface area contributed by atoms with Crippen LogP contribution in [0.1, 0.15) is 53.9 Å². The number of nitrogens with two attached hydrogens (primary N) is 1. The molecule has 0 radical (unpaired) electrons. The van der Waals surface area contributed by atoms with Gasteiger partial charge < -0.3 is 10.6 Å². The van der Waals surface area contributed by atoms with Crippen LogP contribution in [0.25, 0.3) is 0 Å². The van der Waals surface area contributed by atoms with Crippen molar-refractivity contribution in [2.24, 2.45) is 5.92 Å². The summed E-state index contributed by atoms with van der Waals surface area (Å²) in [6, 6.07) is 0. The quantitative estimate of drug-likeness (QED) is 0.702. The minimum absolute atomic E-state index is 0.0430. The van der Waals surface area contributed by atoms with Gasteiger partial charge >= 0.3 is 5.69 Å². The number of amides is 1. The summed E-state index contributed by atoms with van der Waals surface area (Å²) in [6.45, 7) is 10.5. The van der Waals surface area contributed by atoms with Crippen molar-refractivity contribution < 1.29 is 4.79 Å². The fourth-order valence-corrected chi connectivity index (χ4v) is 2.42. The van der Waals surface area contributed by atoms with Crippen LogP contribution in [0.4, 0.5) is 11.5 Å². The van der Waals surface area contributed by atoms with E-state index in [1.165, 1.54) is 15.5 Å². The van der Waals surface area contributed by atoms with E-state index in [-0.39, 0.29) is 17.4 Å². The van der Waals surface area contributed by atoms with Crippen molar-refractivity contribution in [1.29, 1.82) is 0 Å². The van der Waals surface area contributed by atoms with Gasteiger partial charge in [-0.05, 0) is 32.6 Å². The minimum Gasteiger partial charge on any atom is -0.383 e. The first-order valence-electron chi connectivity index (χ1n) is 8.78. The monoisotopic (exact) mass is 350 g/mol. The molecule has 1 heterocycles. The minimum atomic E-state index is -0.630. The van der Waals surface area contributed by atoms with Gasteiger partial charge in [-0.3, -0.25) is 19.1 Å². The second-order valence-corrected chi connectivity index (χ2v) is 6.89. The summed E-state index contributed by atoms with van der Waals surface area (Å²) in [6.07, 6.45) is 3.83. The Morgan fingerprint density at radius 1 is 1.32 bits per heavy atom. The van der Waals surface area contributed by atoms with E-state index >= 15 is 0 Å². The number of aromatic amines is 1. The third-order valence-corrected chi connectivity index (χ3v) is 3.83. The fourth-order valence-electron chi connectivity index (χ4n) is 2.42. The standard InChI is InChI=1S/C18H30N4O3/c1-6-7-9-22-16(19)15(17(24)20-18(22)25)21(10-8-12(2)3)14(23)11-13(4)5/h11-12H,6-10,19H2,1-5H3,(H,20,24,25). The van der Waals surface area contributed by atoms with Crippen LogP contribution in [0, 0.1) is 5.92 Å². The number of rotatable bonds is 8. The predicted octanol–water partition coefficient (Wildman–Crippen LogP) is 2.26. The molecule has 0 atom stereocenters. The molecular weight excluding hydrogens is 320 g/mol. The molecule has 25 heavy (non-hydrogen) atoms. The topological polar surface area (TPSA) is 101 Å². The van der Waals surface area contributed by atoms with E-state index < -0.39 is 11.2 Å². The average molecular weight is 350 g/mol. The zero-order valence-corrected chi connectivity index (χ0v) is 15.9. The van der Waals surface area contributed by atoms with Gasteiger partial charge in [-0.25, -0.2) is 4.79 Å². The highest BCUT2D eigenvalue weighted by Gasteiger charge is 2.23. The van der Waals surface area contributed by atoms with E-state index in [0.717, 1.165) is 24.8 Å². The molecule has 0 saturated heterocycles. The lowest BCUT2D eigenvalue weighted by Crippen LogP contribution is -2.41. The number of nitrogen functional groups attached to an aromatic ring is 1. The average Bonchev–Trinajstić information content (AvgIpc) is 2.48. The summed E-state index contributed by atoms with van der Waals surface area (Å²) in [4.78, 5) is 40.8. The second-order valence-electron chi connectivity index (χ2n) is 6.89. The summed E-state index contributed by atoms with van der Waals surface area (Å²) in [5.41, 5.74) is 5.84. The maximum Gasteiger partial charge on any atom is 0.330 e. The normalized spacial score (nSPS) is 10.8. The summed E-state index contributed by atoms with van der Waals surface area (Å²) in [5, 5.41) is 0. The maximum atomic E-state index is 12.6. The Kier molecular flexibility index (Phi) is 7.67. The first-order chi connectivity index (χ1) is 11.7. The molecule has 0 aromatic carbocycles. The first-order valence-corrected chi connectivity index (χ1v) is 8.78. The number of carbonyl (C=O) groups excluding carboxylic acids is 1. The van der Waals surface area contributed by atoms with E-state index in [2.05, 4.69) is 4.98 Å². The van der Waals surface area contributed by atoms with Gasteiger partial charge in [0.05, 0.1) is 0 Å². The maximum absolute atomic E-state index is 12.6. The van der Waals surface area contributed by atoms with Gasteiger partial charge in [0.25, 0.3) is 11.5 Å². The number of hydrogen-bond donors (Lipinski definition) is 2. The number of nitrogens with zero attached hydrogens (tertiary/aromatic N) is 2. The molecule has 1 aromatic heterocycles. The van der Waals surface area contributed by atoms with Crippen molar-refractivity contribution in [2.75, 3.05) is 17.2 Å². The third kappa shape index (κ3) is 5.62. The van der Waals surface area contributed by atoms with Gasteiger partial charge in [0.15, 0.2) is 5.69 Å². The molecule has 1 amide bonds. The zero-order valence-electron chi connectivity index (χ0n) is 15.9. The number of unbranched alkanes of at least 4 members (excludes halogenated alkanes) is 1.